The summed E-state index contributed by atoms with van der Waals surface area (Å²) in [5.74, 6) is 0.183. The van der Waals surface area contributed by atoms with E-state index in [9.17, 15) is 23.1 Å². The van der Waals surface area contributed by atoms with Crippen LogP contribution in [0.25, 0.3) is 17.1 Å². The van der Waals surface area contributed by atoms with E-state index in [1.165, 1.54) is 16.9 Å². The van der Waals surface area contributed by atoms with Gasteiger partial charge in [-0.25, -0.2) is 9.67 Å². The Morgan fingerprint density at radius 1 is 1.11 bits per heavy atom. The normalized spacial score (nSPS) is 17.7. The second-order valence-electron chi connectivity index (χ2n) is 8.98. The molecule has 2 atom stereocenters. The van der Waals surface area contributed by atoms with Crippen LogP contribution < -0.4 is 5.32 Å². The average Bonchev–Trinajstić information content (AvgIpc) is 3.31. The molecule has 5 rings (SSSR count). The molecule has 11 heteroatoms. The summed E-state index contributed by atoms with van der Waals surface area (Å²) in [5, 5.41) is 17.5. The van der Waals surface area contributed by atoms with Crippen LogP contribution in [0.15, 0.2) is 73.1 Å². The minimum absolute atomic E-state index is 0.0447. The van der Waals surface area contributed by atoms with E-state index < -0.39 is 29.9 Å². The van der Waals surface area contributed by atoms with Crippen LogP contribution in [0.2, 0.25) is 0 Å². The molecule has 0 unspecified atom stereocenters. The van der Waals surface area contributed by atoms with Crippen molar-refractivity contribution >= 4 is 17.6 Å². The number of aryl methyl sites for hydroxylation is 1. The van der Waals surface area contributed by atoms with Crippen molar-refractivity contribution in [2.75, 3.05) is 5.32 Å². The Balaban J connectivity index is 1.51. The number of hydrogen-bond acceptors (Lipinski definition) is 7. The van der Waals surface area contributed by atoms with Crippen LogP contribution in [0, 0.1) is 0 Å². The van der Waals surface area contributed by atoms with E-state index in [0.29, 0.717) is 47.8 Å². The van der Waals surface area contributed by atoms with Gasteiger partial charge in [0.2, 0.25) is 5.95 Å². The fourth-order valence-electron chi connectivity index (χ4n) is 4.42. The van der Waals surface area contributed by atoms with E-state index in [1.807, 2.05) is 30.3 Å². The van der Waals surface area contributed by atoms with Crippen LogP contribution in [-0.2, 0) is 22.1 Å². The monoisotopic (exact) mass is 523 g/mol. The van der Waals surface area contributed by atoms with Gasteiger partial charge in [0.25, 0.3) is 0 Å². The first-order chi connectivity index (χ1) is 18.3. The third-order valence-electron chi connectivity index (χ3n) is 6.17. The lowest BCUT2D eigenvalue weighted by atomic mass is 9.97. The molecule has 1 aliphatic rings. The molecule has 196 valence electrons. The summed E-state index contributed by atoms with van der Waals surface area (Å²) in [5.41, 5.74) is 1.38. The topological polar surface area (TPSA) is 102 Å². The Morgan fingerprint density at radius 2 is 1.92 bits per heavy atom. The van der Waals surface area contributed by atoms with Crippen LogP contribution in [0.1, 0.15) is 30.4 Å². The summed E-state index contributed by atoms with van der Waals surface area (Å²) in [4.78, 5) is 20.5. The SMILES string of the molecule is O=C1C[C@H](O)C[C@@H](CCc2cnn(-c3ccnc(Nc4ccccc4)n3)c2-c2cccc(C(F)(F)F)c2)O1. The number of hydrogen-bond donors (Lipinski definition) is 2. The van der Waals surface area contributed by atoms with Gasteiger partial charge in [-0.05, 0) is 42.7 Å². The van der Waals surface area contributed by atoms with Crippen LogP contribution in [0.3, 0.4) is 0 Å². The van der Waals surface area contributed by atoms with E-state index in [1.54, 1.807) is 18.3 Å². The highest BCUT2D eigenvalue weighted by atomic mass is 19.4. The zero-order valence-corrected chi connectivity index (χ0v) is 20.1. The first kappa shape index (κ1) is 25.4. The Bertz CT molecular complexity index is 1420. The van der Waals surface area contributed by atoms with Crippen molar-refractivity contribution in [2.45, 2.75) is 44.1 Å². The van der Waals surface area contributed by atoms with E-state index in [2.05, 4.69) is 20.4 Å². The first-order valence-corrected chi connectivity index (χ1v) is 12.0. The Hall–Kier alpha value is -4.25. The smallest absolute Gasteiger partial charge is 0.416 e. The number of benzene rings is 2. The lowest BCUT2D eigenvalue weighted by molar-refractivity contribution is -0.160. The molecule has 0 amide bonds. The number of carbonyl (C=O) groups is 1. The molecular weight excluding hydrogens is 499 g/mol. The number of esters is 1. The zero-order valence-electron chi connectivity index (χ0n) is 20.1. The molecule has 1 fully saturated rings. The van der Waals surface area contributed by atoms with Crippen molar-refractivity contribution in [1.29, 1.82) is 0 Å². The van der Waals surface area contributed by atoms with Crippen molar-refractivity contribution in [2.24, 2.45) is 0 Å². The molecule has 2 aromatic carbocycles. The number of carbonyl (C=O) groups excluding carboxylic acids is 1. The van der Waals surface area contributed by atoms with Crippen molar-refractivity contribution in [3.05, 3.63) is 84.2 Å². The van der Waals surface area contributed by atoms with Crippen LogP contribution in [0.5, 0.6) is 0 Å². The van der Waals surface area contributed by atoms with Crippen LogP contribution >= 0.6 is 0 Å². The van der Waals surface area contributed by atoms with E-state index in [0.717, 1.165) is 17.8 Å². The standard InChI is InChI=1S/C27H24F3N5O3/c28-27(29,30)19-6-4-5-17(13-19)25-18(9-10-22-14-21(36)15-24(37)38-22)16-32-35(25)23-11-12-31-26(34-23)33-20-7-2-1-3-8-20/h1-8,11-13,16,21-22,36H,9-10,14-15H2,(H,31,33,34)/t21-,22-/m1/s1. The summed E-state index contributed by atoms with van der Waals surface area (Å²) in [7, 11) is 0. The van der Waals surface area contributed by atoms with Crippen molar-refractivity contribution in [3.8, 4) is 17.1 Å². The van der Waals surface area contributed by atoms with Gasteiger partial charge in [0.15, 0.2) is 5.82 Å². The van der Waals surface area contributed by atoms with Gasteiger partial charge < -0.3 is 15.2 Å². The molecular formula is C27H24F3N5O3. The van der Waals surface area contributed by atoms with E-state index >= 15 is 0 Å². The maximum atomic E-state index is 13.5. The van der Waals surface area contributed by atoms with Gasteiger partial charge in [0.05, 0.1) is 30.0 Å². The number of nitrogens with one attached hydrogen (secondary N) is 1. The van der Waals surface area contributed by atoms with Gasteiger partial charge in [-0.3, -0.25) is 4.79 Å². The highest BCUT2D eigenvalue weighted by Crippen LogP contribution is 2.34. The number of alkyl halides is 3. The predicted molar refractivity (Wildman–Crippen MR) is 133 cm³/mol. The van der Waals surface area contributed by atoms with E-state index in [-0.39, 0.29) is 6.42 Å². The number of anilines is 2. The highest BCUT2D eigenvalue weighted by Gasteiger charge is 2.31. The summed E-state index contributed by atoms with van der Waals surface area (Å²) in [6.45, 7) is 0. The molecule has 0 bridgehead atoms. The van der Waals surface area contributed by atoms with Gasteiger partial charge in [0, 0.05) is 29.9 Å². The highest BCUT2D eigenvalue weighted by molar-refractivity contribution is 5.71. The number of aliphatic hydroxyl groups excluding tert-OH is 1. The number of nitrogens with zero attached hydrogens (tertiary/aromatic N) is 4. The van der Waals surface area contributed by atoms with Crippen LogP contribution in [-0.4, -0.2) is 43.0 Å². The molecule has 3 heterocycles. The lowest BCUT2D eigenvalue weighted by Crippen LogP contribution is -2.32. The summed E-state index contributed by atoms with van der Waals surface area (Å²) < 4.78 is 47.4. The predicted octanol–water partition coefficient (Wildman–Crippen LogP) is 5.09. The number of aromatic nitrogens is 4. The molecule has 8 nitrogen and oxygen atoms in total. The molecule has 2 N–H and O–H groups in total. The Kier molecular flexibility index (Phi) is 7.10. The molecule has 2 aromatic heterocycles. The van der Waals surface area contributed by atoms with E-state index in [4.69, 9.17) is 4.74 Å². The molecule has 0 radical (unpaired) electrons. The molecule has 0 saturated carbocycles. The van der Waals surface area contributed by atoms with Gasteiger partial charge in [0.1, 0.15) is 6.10 Å². The molecule has 38 heavy (non-hydrogen) atoms. The summed E-state index contributed by atoms with van der Waals surface area (Å²) >= 11 is 0. The summed E-state index contributed by atoms with van der Waals surface area (Å²) in [6.07, 6.45) is -1.68. The fourth-order valence-corrected chi connectivity index (χ4v) is 4.42. The number of cyclic esters (lactones) is 1. The van der Waals surface area contributed by atoms with Crippen molar-refractivity contribution < 1.29 is 27.8 Å². The number of halogens is 3. The molecule has 1 aliphatic heterocycles. The second-order valence-corrected chi connectivity index (χ2v) is 8.98. The quantitative estimate of drug-likeness (QED) is 0.325. The number of aliphatic hydroxyl groups is 1. The third-order valence-corrected chi connectivity index (χ3v) is 6.17. The molecule has 0 spiro atoms. The number of rotatable bonds is 7. The maximum absolute atomic E-state index is 13.5. The Morgan fingerprint density at radius 3 is 2.68 bits per heavy atom. The molecule has 1 saturated heterocycles. The lowest BCUT2D eigenvalue weighted by Gasteiger charge is -2.25. The molecule has 0 aliphatic carbocycles. The zero-order chi connectivity index (χ0) is 26.7. The number of para-hydroxylation sites is 1. The van der Waals surface area contributed by atoms with Crippen LogP contribution in [0.4, 0.5) is 24.8 Å². The minimum Gasteiger partial charge on any atom is -0.462 e. The van der Waals surface area contributed by atoms with Crippen molar-refractivity contribution in [1.82, 2.24) is 19.7 Å². The minimum atomic E-state index is -4.52. The average molecular weight is 524 g/mol. The summed E-state index contributed by atoms with van der Waals surface area (Å²) in [6, 6.07) is 15.9. The van der Waals surface area contributed by atoms with Gasteiger partial charge in [-0.2, -0.15) is 23.3 Å². The third kappa shape index (κ3) is 5.83. The first-order valence-electron chi connectivity index (χ1n) is 12.0. The second kappa shape index (κ2) is 10.6. The number of ether oxygens (including phenoxy) is 1. The molecule has 4 aromatic rings. The van der Waals surface area contributed by atoms with Gasteiger partial charge in [-0.1, -0.05) is 30.3 Å². The maximum Gasteiger partial charge on any atom is 0.416 e. The fraction of sp³-hybridized carbons (Fsp3) is 0.259. The van der Waals surface area contributed by atoms with Crippen molar-refractivity contribution in [3.63, 3.8) is 0 Å². The van der Waals surface area contributed by atoms with Gasteiger partial charge in [-0.15, -0.1) is 0 Å². The Labute approximate surface area is 216 Å². The largest absolute Gasteiger partial charge is 0.462 e. The van der Waals surface area contributed by atoms with Gasteiger partial charge >= 0.3 is 12.1 Å².